The molecule has 12 heteroatoms. The lowest BCUT2D eigenvalue weighted by Crippen LogP contribution is -2.35. The SMILES string of the molecule is COc1ccc(S(=O)(=O)NC2CC2)cc1NC(=O)CN(C)S(=O)(=O)c1cccnc1. The van der Waals surface area contributed by atoms with E-state index in [9.17, 15) is 21.6 Å². The molecular formula is C18H22N4O6S2. The van der Waals surface area contributed by atoms with Crippen LogP contribution >= 0.6 is 0 Å². The molecule has 1 aromatic carbocycles. The number of rotatable bonds is 9. The van der Waals surface area contributed by atoms with E-state index in [-0.39, 0.29) is 27.3 Å². The minimum absolute atomic E-state index is 0.0261. The van der Waals surface area contributed by atoms with Crippen molar-refractivity contribution in [3.63, 3.8) is 0 Å². The molecule has 0 saturated heterocycles. The van der Waals surface area contributed by atoms with Crippen molar-refractivity contribution >= 4 is 31.6 Å². The molecule has 1 amide bonds. The van der Waals surface area contributed by atoms with Gasteiger partial charge in [0.05, 0.1) is 24.2 Å². The van der Waals surface area contributed by atoms with Crippen molar-refractivity contribution in [3.05, 3.63) is 42.7 Å². The Morgan fingerprint density at radius 1 is 1.20 bits per heavy atom. The monoisotopic (exact) mass is 454 g/mol. The normalized spacial score (nSPS) is 14.5. The summed E-state index contributed by atoms with van der Waals surface area (Å²) in [5, 5.41) is 2.52. The van der Waals surface area contributed by atoms with Gasteiger partial charge in [-0.05, 0) is 43.2 Å². The number of sulfonamides is 2. The second-order valence-corrected chi connectivity index (χ2v) is 10.5. The zero-order valence-electron chi connectivity index (χ0n) is 16.4. The number of anilines is 1. The molecular weight excluding hydrogens is 432 g/mol. The standard InChI is InChI=1S/C18H22N4O6S2/c1-22(30(26,27)15-4-3-9-19-11-15)12-18(23)20-16-10-14(7-8-17(16)28-2)29(24,25)21-13-5-6-13/h3-4,7-11,13,21H,5-6,12H2,1-2H3,(H,20,23). The first-order valence-corrected chi connectivity index (χ1v) is 11.9. The maximum atomic E-state index is 12.5. The number of carbonyl (C=O) groups excluding carboxylic acids is 1. The van der Waals surface area contributed by atoms with Gasteiger partial charge in [0, 0.05) is 25.5 Å². The Morgan fingerprint density at radius 2 is 1.93 bits per heavy atom. The molecule has 1 heterocycles. The Bertz CT molecular complexity index is 1130. The van der Waals surface area contributed by atoms with Gasteiger partial charge in [-0.3, -0.25) is 9.78 Å². The van der Waals surface area contributed by atoms with E-state index in [1.165, 1.54) is 56.9 Å². The van der Waals surface area contributed by atoms with Gasteiger partial charge < -0.3 is 10.1 Å². The van der Waals surface area contributed by atoms with E-state index < -0.39 is 32.5 Å². The third kappa shape index (κ3) is 5.14. The lowest BCUT2D eigenvalue weighted by atomic mass is 10.3. The Morgan fingerprint density at radius 3 is 2.53 bits per heavy atom. The fourth-order valence-corrected chi connectivity index (χ4v) is 5.02. The summed E-state index contributed by atoms with van der Waals surface area (Å²) in [4.78, 5) is 16.2. The van der Waals surface area contributed by atoms with Crippen LogP contribution in [0.3, 0.4) is 0 Å². The molecule has 0 bridgehead atoms. The second kappa shape index (κ2) is 8.68. The molecule has 0 radical (unpaired) electrons. The molecule has 1 fully saturated rings. The molecule has 1 aromatic heterocycles. The fourth-order valence-electron chi connectivity index (χ4n) is 2.60. The van der Waals surface area contributed by atoms with Gasteiger partial charge in [-0.15, -0.1) is 0 Å². The predicted molar refractivity (Wildman–Crippen MR) is 109 cm³/mol. The zero-order chi connectivity index (χ0) is 21.9. The lowest BCUT2D eigenvalue weighted by molar-refractivity contribution is -0.116. The molecule has 30 heavy (non-hydrogen) atoms. The number of nitrogens with zero attached hydrogens (tertiary/aromatic N) is 2. The van der Waals surface area contributed by atoms with Crippen LogP contribution in [0.5, 0.6) is 5.75 Å². The number of benzene rings is 1. The van der Waals surface area contributed by atoms with E-state index in [0.29, 0.717) is 0 Å². The highest BCUT2D eigenvalue weighted by molar-refractivity contribution is 7.89. The molecule has 1 aliphatic rings. The Labute approximate surface area is 175 Å². The number of nitrogens with one attached hydrogen (secondary N) is 2. The van der Waals surface area contributed by atoms with Gasteiger partial charge >= 0.3 is 0 Å². The third-order valence-corrected chi connectivity index (χ3v) is 7.67. The predicted octanol–water partition coefficient (Wildman–Crippen LogP) is 0.790. The highest BCUT2D eigenvalue weighted by Crippen LogP contribution is 2.29. The molecule has 0 aliphatic heterocycles. The van der Waals surface area contributed by atoms with E-state index in [1.54, 1.807) is 0 Å². The van der Waals surface area contributed by atoms with Crippen LogP contribution in [0, 0.1) is 0 Å². The summed E-state index contributed by atoms with van der Waals surface area (Å²) in [6.45, 7) is -0.488. The molecule has 0 spiro atoms. The van der Waals surface area contributed by atoms with Crippen LogP contribution in [0.4, 0.5) is 5.69 Å². The minimum Gasteiger partial charge on any atom is -0.495 e. The Kier molecular flexibility index (Phi) is 6.41. The van der Waals surface area contributed by atoms with Gasteiger partial charge in [0.1, 0.15) is 10.6 Å². The number of hydrogen-bond acceptors (Lipinski definition) is 7. The number of likely N-dealkylation sites (N-methyl/N-ethyl adjacent to an activating group) is 1. The molecule has 3 rings (SSSR count). The van der Waals surface area contributed by atoms with Crippen molar-refractivity contribution in [1.82, 2.24) is 14.0 Å². The summed E-state index contributed by atoms with van der Waals surface area (Å²) in [5.74, 6) is -0.417. The van der Waals surface area contributed by atoms with Gasteiger partial charge in [0.15, 0.2) is 0 Å². The molecule has 0 unspecified atom stereocenters. The number of aromatic nitrogens is 1. The van der Waals surface area contributed by atoms with Gasteiger partial charge in [0.2, 0.25) is 26.0 Å². The Balaban J connectivity index is 1.76. The number of hydrogen-bond donors (Lipinski definition) is 2. The van der Waals surface area contributed by atoms with Gasteiger partial charge in [0.25, 0.3) is 0 Å². The molecule has 1 aliphatic carbocycles. The lowest BCUT2D eigenvalue weighted by Gasteiger charge is -2.18. The van der Waals surface area contributed by atoms with Crippen LogP contribution in [-0.4, -0.2) is 58.8 Å². The largest absolute Gasteiger partial charge is 0.495 e. The fraction of sp³-hybridized carbons (Fsp3) is 0.333. The van der Waals surface area contributed by atoms with E-state index in [2.05, 4.69) is 15.0 Å². The quantitative estimate of drug-likeness (QED) is 0.572. The van der Waals surface area contributed by atoms with Crippen LogP contribution in [0.15, 0.2) is 52.5 Å². The van der Waals surface area contributed by atoms with Crippen LogP contribution in [-0.2, 0) is 24.8 Å². The van der Waals surface area contributed by atoms with E-state index in [0.717, 1.165) is 17.1 Å². The van der Waals surface area contributed by atoms with Crippen LogP contribution in [0.2, 0.25) is 0 Å². The van der Waals surface area contributed by atoms with Crippen LogP contribution in [0.1, 0.15) is 12.8 Å². The molecule has 1 saturated carbocycles. The number of carbonyl (C=O) groups is 1. The van der Waals surface area contributed by atoms with E-state index in [4.69, 9.17) is 4.74 Å². The average molecular weight is 455 g/mol. The van der Waals surface area contributed by atoms with Crippen molar-refractivity contribution in [2.75, 3.05) is 26.0 Å². The number of ether oxygens (including phenoxy) is 1. The smallest absolute Gasteiger partial charge is 0.244 e. The molecule has 0 atom stereocenters. The average Bonchev–Trinajstić information content (AvgIpc) is 3.51. The molecule has 2 aromatic rings. The summed E-state index contributed by atoms with van der Waals surface area (Å²) in [7, 11) is -5.00. The van der Waals surface area contributed by atoms with Gasteiger partial charge in [-0.1, -0.05) is 0 Å². The van der Waals surface area contributed by atoms with Gasteiger partial charge in [-0.2, -0.15) is 4.31 Å². The number of methoxy groups -OCH3 is 1. The van der Waals surface area contributed by atoms with Crippen LogP contribution < -0.4 is 14.8 Å². The van der Waals surface area contributed by atoms with E-state index in [1.807, 2.05) is 0 Å². The zero-order valence-corrected chi connectivity index (χ0v) is 18.0. The van der Waals surface area contributed by atoms with Crippen molar-refractivity contribution in [1.29, 1.82) is 0 Å². The molecule has 2 N–H and O–H groups in total. The summed E-state index contributed by atoms with van der Waals surface area (Å²) < 4.78 is 58.5. The third-order valence-electron chi connectivity index (χ3n) is 4.36. The highest BCUT2D eigenvalue weighted by atomic mass is 32.2. The number of amides is 1. The molecule has 10 nitrogen and oxygen atoms in total. The van der Waals surface area contributed by atoms with Gasteiger partial charge in [-0.25, -0.2) is 21.6 Å². The number of pyridine rings is 1. The summed E-state index contributed by atoms with van der Waals surface area (Å²) in [6.07, 6.45) is 4.21. The van der Waals surface area contributed by atoms with Crippen molar-refractivity contribution in [2.45, 2.75) is 28.7 Å². The maximum Gasteiger partial charge on any atom is 0.244 e. The first kappa shape index (κ1) is 22.2. The summed E-state index contributed by atoms with van der Waals surface area (Å²) in [5.41, 5.74) is 0.119. The summed E-state index contributed by atoms with van der Waals surface area (Å²) >= 11 is 0. The van der Waals surface area contributed by atoms with Crippen molar-refractivity contribution in [2.24, 2.45) is 0 Å². The van der Waals surface area contributed by atoms with E-state index >= 15 is 0 Å². The highest BCUT2D eigenvalue weighted by Gasteiger charge is 2.29. The maximum absolute atomic E-state index is 12.5. The topological polar surface area (TPSA) is 135 Å². The minimum atomic E-state index is -3.91. The molecule has 162 valence electrons. The van der Waals surface area contributed by atoms with Crippen LogP contribution in [0.25, 0.3) is 0 Å². The Hall–Kier alpha value is -2.54. The van der Waals surface area contributed by atoms with Crippen molar-refractivity contribution in [3.8, 4) is 5.75 Å². The summed E-state index contributed by atoms with van der Waals surface area (Å²) in [6, 6.07) is 6.86. The first-order chi connectivity index (χ1) is 14.1. The second-order valence-electron chi connectivity index (χ2n) is 6.76. The first-order valence-electron chi connectivity index (χ1n) is 9.00. The van der Waals surface area contributed by atoms with Crippen molar-refractivity contribution < 1.29 is 26.4 Å².